The summed E-state index contributed by atoms with van der Waals surface area (Å²) >= 11 is 0. The van der Waals surface area contributed by atoms with Crippen LogP contribution in [-0.2, 0) is 4.79 Å². The fourth-order valence-corrected chi connectivity index (χ4v) is 2.83. The number of piperazine rings is 1. The van der Waals surface area contributed by atoms with Crippen molar-refractivity contribution in [3.05, 3.63) is 30.1 Å². The normalized spacial score (nSPS) is 21.8. The Kier molecular flexibility index (Phi) is 3.38. The summed E-state index contributed by atoms with van der Waals surface area (Å²) in [7, 11) is 0. The maximum Gasteiger partial charge on any atom is 0.310 e. The minimum Gasteiger partial charge on any atom is -0.481 e. The van der Waals surface area contributed by atoms with Crippen LogP contribution in [0.2, 0.25) is 0 Å². The second kappa shape index (κ2) is 5.05. The van der Waals surface area contributed by atoms with E-state index in [0.29, 0.717) is 6.54 Å². The van der Waals surface area contributed by atoms with Gasteiger partial charge in [-0.15, -0.1) is 0 Å². The highest BCUT2D eigenvalue weighted by molar-refractivity contribution is 5.78. The standard InChI is InChI=1S/C15H19FN2O2/c16-12-1-3-13(4-2-12)18-9-7-17(8-10-18)11-15(5-6-15)14(19)20/h1-4H,5-11H2,(H,19,20). The maximum absolute atomic E-state index is 12.9. The number of rotatable bonds is 4. The Labute approximate surface area is 117 Å². The third kappa shape index (κ3) is 2.63. The largest absolute Gasteiger partial charge is 0.481 e. The summed E-state index contributed by atoms with van der Waals surface area (Å²) < 4.78 is 12.9. The lowest BCUT2D eigenvalue weighted by Gasteiger charge is -2.37. The molecule has 0 atom stereocenters. The molecule has 5 heteroatoms. The highest BCUT2D eigenvalue weighted by Crippen LogP contribution is 2.46. The van der Waals surface area contributed by atoms with Gasteiger partial charge < -0.3 is 10.0 Å². The van der Waals surface area contributed by atoms with Gasteiger partial charge in [-0.05, 0) is 37.1 Å². The van der Waals surface area contributed by atoms with E-state index in [0.717, 1.165) is 44.7 Å². The van der Waals surface area contributed by atoms with Crippen LogP contribution in [0.15, 0.2) is 24.3 Å². The van der Waals surface area contributed by atoms with Crippen molar-refractivity contribution >= 4 is 11.7 Å². The number of hydrogen-bond acceptors (Lipinski definition) is 3. The Hall–Kier alpha value is -1.62. The van der Waals surface area contributed by atoms with E-state index in [4.69, 9.17) is 0 Å². The molecule has 1 aliphatic carbocycles. The van der Waals surface area contributed by atoms with Crippen molar-refractivity contribution in [1.82, 2.24) is 4.90 Å². The molecule has 1 saturated carbocycles. The summed E-state index contributed by atoms with van der Waals surface area (Å²) in [5.74, 6) is -0.872. The van der Waals surface area contributed by atoms with Gasteiger partial charge in [0.1, 0.15) is 5.82 Å². The Morgan fingerprint density at radius 2 is 1.75 bits per heavy atom. The minimum atomic E-state index is -0.654. The van der Waals surface area contributed by atoms with Crippen LogP contribution in [0.3, 0.4) is 0 Å². The van der Waals surface area contributed by atoms with Crippen molar-refractivity contribution in [2.24, 2.45) is 5.41 Å². The van der Waals surface area contributed by atoms with E-state index in [1.165, 1.54) is 12.1 Å². The number of benzene rings is 1. The number of carboxylic acid groups (broad SMARTS) is 1. The smallest absolute Gasteiger partial charge is 0.310 e. The second-order valence-corrected chi connectivity index (χ2v) is 5.83. The number of anilines is 1. The molecule has 0 bridgehead atoms. The third-order valence-corrected chi connectivity index (χ3v) is 4.40. The van der Waals surface area contributed by atoms with Crippen LogP contribution in [0.1, 0.15) is 12.8 Å². The molecule has 4 nitrogen and oxygen atoms in total. The number of hydrogen-bond donors (Lipinski definition) is 1. The van der Waals surface area contributed by atoms with E-state index >= 15 is 0 Å². The Balaban J connectivity index is 1.54. The van der Waals surface area contributed by atoms with Crippen LogP contribution in [0, 0.1) is 11.2 Å². The monoisotopic (exact) mass is 278 g/mol. The molecule has 1 saturated heterocycles. The average Bonchev–Trinajstić information content (AvgIpc) is 3.22. The summed E-state index contributed by atoms with van der Waals surface area (Å²) in [5, 5.41) is 9.22. The zero-order valence-corrected chi connectivity index (χ0v) is 11.4. The molecule has 2 fully saturated rings. The number of halogens is 1. The van der Waals surface area contributed by atoms with Gasteiger partial charge in [0.2, 0.25) is 0 Å². The van der Waals surface area contributed by atoms with Crippen molar-refractivity contribution < 1.29 is 14.3 Å². The first kappa shape index (κ1) is 13.4. The Morgan fingerprint density at radius 1 is 1.15 bits per heavy atom. The van der Waals surface area contributed by atoms with E-state index < -0.39 is 11.4 Å². The fourth-order valence-electron chi connectivity index (χ4n) is 2.83. The van der Waals surface area contributed by atoms with Crippen molar-refractivity contribution in [3.63, 3.8) is 0 Å². The number of carboxylic acids is 1. The molecule has 1 aromatic carbocycles. The van der Waals surface area contributed by atoms with Gasteiger partial charge >= 0.3 is 5.97 Å². The highest BCUT2D eigenvalue weighted by Gasteiger charge is 2.51. The molecule has 0 radical (unpaired) electrons. The molecule has 1 heterocycles. The minimum absolute atomic E-state index is 0.218. The lowest BCUT2D eigenvalue weighted by molar-refractivity contribution is -0.144. The molecule has 0 amide bonds. The van der Waals surface area contributed by atoms with Gasteiger partial charge in [-0.2, -0.15) is 0 Å². The van der Waals surface area contributed by atoms with Crippen LogP contribution >= 0.6 is 0 Å². The fraction of sp³-hybridized carbons (Fsp3) is 0.533. The summed E-state index contributed by atoms with van der Waals surface area (Å²) in [4.78, 5) is 15.7. The van der Waals surface area contributed by atoms with Crippen molar-refractivity contribution in [2.45, 2.75) is 12.8 Å². The first-order valence-electron chi connectivity index (χ1n) is 7.05. The van der Waals surface area contributed by atoms with Gasteiger partial charge in [0.15, 0.2) is 0 Å². The van der Waals surface area contributed by atoms with Gasteiger partial charge in [-0.3, -0.25) is 9.69 Å². The topological polar surface area (TPSA) is 43.8 Å². The summed E-state index contributed by atoms with van der Waals surface area (Å²) in [5.41, 5.74) is 0.559. The quantitative estimate of drug-likeness (QED) is 0.912. The summed E-state index contributed by atoms with van der Waals surface area (Å²) in [6, 6.07) is 6.55. The van der Waals surface area contributed by atoms with Crippen molar-refractivity contribution in [1.29, 1.82) is 0 Å². The molecule has 0 unspecified atom stereocenters. The van der Waals surface area contributed by atoms with Gasteiger partial charge in [0.05, 0.1) is 5.41 Å². The molecule has 1 aliphatic heterocycles. The van der Waals surface area contributed by atoms with E-state index in [9.17, 15) is 14.3 Å². The van der Waals surface area contributed by atoms with Gasteiger partial charge in [0.25, 0.3) is 0 Å². The SMILES string of the molecule is O=C(O)C1(CN2CCN(c3ccc(F)cc3)CC2)CC1. The zero-order valence-electron chi connectivity index (χ0n) is 11.4. The molecule has 1 N–H and O–H groups in total. The van der Waals surface area contributed by atoms with Gasteiger partial charge in [-0.1, -0.05) is 0 Å². The summed E-state index contributed by atoms with van der Waals surface area (Å²) in [6.07, 6.45) is 1.61. The molecule has 3 rings (SSSR count). The molecular formula is C15H19FN2O2. The molecule has 2 aliphatic rings. The molecular weight excluding hydrogens is 259 g/mol. The lowest BCUT2D eigenvalue weighted by atomic mass is 10.1. The predicted octanol–water partition coefficient (Wildman–Crippen LogP) is 1.81. The third-order valence-electron chi connectivity index (χ3n) is 4.40. The lowest BCUT2D eigenvalue weighted by Crippen LogP contribution is -2.49. The van der Waals surface area contributed by atoms with Crippen LogP contribution in [-0.4, -0.2) is 48.7 Å². The van der Waals surface area contributed by atoms with Crippen LogP contribution in [0.4, 0.5) is 10.1 Å². The second-order valence-electron chi connectivity index (χ2n) is 5.83. The van der Waals surface area contributed by atoms with E-state index in [1.54, 1.807) is 12.1 Å². The molecule has 108 valence electrons. The van der Waals surface area contributed by atoms with Gasteiger partial charge in [0, 0.05) is 38.4 Å². The van der Waals surface area contributed by atoms with Crippen LogP contribution in [0.25, 0.3) is 0 Å². The Bertz CT molecular complexity index is 491. The number of nitrogens with zero attached hydrogens (tertiary/aromatic N) is 2. The van der Waals surface area contributed by atoms with E-state index in [1.807, 2.05) is 0 Å². The average molecular weight is 278 g/mol. The van der Waals surface area contributed by atoms with E-state index in [-0.39, 0.29) is 5.82 Å². The molecule has 20 heavy (non-hydrogen) atoms. The summed E-state index contributed by atoms with van der Waals surface area (Å²) in [6.45, 7) is 4.13. The number of carbonyl (C=O) groups is 1. The Morgan fingerprint density at radius 3 is 2.25 bits per heavy atom. The first-order chi connectivity index (χ1) is 9.59. The van der Waals surface area contributed by atoms with Gasteiger partial charge in [-0.25, -0.2) is 4.39 Å². The predicted molar refractivity (Wildman–Crippen MR) is 74.4 cm³/mol. The molecule has 1 aromatic rings. The highest BCUT2D eigenvalue weighted by atomic mass is 19.1. The maximum atomic E-state index is 12.9. The molecule has 0 aromatic heterocycles. The molecule has 0 spiro atoms. The zero-order chi connectivity index (χ0) is 14.2. The van der Waals surface area contributed by atoms with Crippen molar-refractivity contribution in [3.8, 4) is 0 Å². The first-order valence-corrected chi connectivity index (χ1v) is 7.05. The van der Waals surface area contributed by atoms with Crippen LogP contribution in [0.5, 0.6) is 0 Å². The van der Waals surface area contributed by atoms with E-state index in [2.05, 4.69) is 9.80 Å². The van der Waals surface area contributed by atoms with Crippen LogP contribution < -0.4 is 4.90 Å². The number of aliphatic carboxylic acids is 1. The van der Waals surface area contributed by atoms with Crippen molar-refractivity contribution in [2.75, 3.05) is 37.6 Å².